The van der Waals surface area contributed by atoms with E-state index >= 15 is 0 Å². The first-order valence-corrected chi connectivity index (χ1v) is 8.06. The van der Waals surface area contributed by atoms with Crippen LogP contribution in [0.2, 0.25) is 0 Å². The molecule has 1 aromatic carbocycles. The Kier molecular flexibility index (Phi) is 5.40. The summed E-state index contributed by atoms with van der Waals surface area (Å²) in [6, 6.07) is 8.17. The Morgan fingerprint density at radius 2 is 1.76 bits per heavy atom. The smallest absolute Gasteiger partial charge is 0.238 e. The van der Waals surface area contributed by atoms with E-state index in [9.17, 15) is 4.79 Å². The average Bonchev–Trinajstić information content (AvgIpc) is 2.37. The Bertz CT molecular complexity index is 457. The highest BCUT2D eigenvalue weighted by atomic mass is 16.2. The van der Waals surface area contributed by atoms with Crippen molar-refractivity contribution in [3.05, 3.63) is 29.8 Å². The highest BCUT2D eigenvalue weighted by Crippen LogP contribution is 2.21. The highest BCUT2D eigenvalue weighted by Gasteiger charge is 2.23. The number of hydrogen-bond acceptors (Lipinski definition) is 2. The van der Waals surface area contributed by atoms with Crippen LogP contribution in [-0.4, -0.2) is 30.4 Å². The molecule has 1 aromatic rings. The van der Waals surface area contributed by atoms with E-state index in [0.717, 1.165) is 18.8 Å². The van der Waals surface area contributed by atoms with Gasteiger partial charge in [0.1, 0.15) is 0 Å². The predicted molar refractivity (Wildman–Crippen MR) is 88.5 cm³/mol. The highest BCUT2D eigenvalue weighted by molar-refractivity contribution is 5.92. The van der Waals surface area contributed by atoms with Crippen LogP contribution in [-0.2, 0) is 4.79 Å². The minimum atomic E-state index is 0.0913. The molecule has 1 heterocycles. The molecule has 1 aliphatic rings. The van der Waals surface area contributed by atoms with Crippen molar-refractivity contribution in [3.63, 3.8) is 0 Å². The van der Waals surface area contributed by atoms with Gasteiger partial charge in [-0.1, -0.05) is 39.8 Å². The van der Waals surface area contributed by atoms with Gasteiger partial charge in [-0.15, -0.1) is 0 Å². The first-order chi connectivity index (χ1) is 9.94. The number of hydrogen-bond donors (Lipinski definition) is 1. The third-order valence-electron chi connectivity index (χ3n) is 4.17. The van der Waals surface area contributed by atoms with Crippen molar-refractivity contribution in [3.8, 4) is 0 Å². The number of carbonyl (C=O) groups excluding carboxylic acids is 1. The summed E-state index contributed by atoms with van der Waals surface area (Å²) in [6.07, 6.45) is 1.27. The minimum absolute atomic E-state index is 0.0913. The fraction of sp³-hybridized carbons (Fsp3) is 0.611. The van der Waals surface area contributed by atoms with Gasteiger partial charge in [-0.2, -0.15) is 0 Å². The number of benzene rings is 1. The van der Waals surface area contributed by atoms with Crippen LogP contribution in [0.4, 0.5) is 5.69 Å². The zero-order chi connectivity index (χ0) is 15.4. The number of nitrogens with zero attached hydrogens (tertiary/aromatic N) is 1. The molecule has 1 N–H and O–H groups in total. The normalized spacial score (nSPS) is 23.3. The maximum atomic E-state index is 12.2. The van der Waals surface area contributed by atoms with Gasteiger partial charge in [0.05, 0.1) is 6.54 Å². The summed E-state index contributed by atoms with van der Waals surface area (Å²) in [7, 11) is 0. The van der Waals surface area contributed by atoms with Crippen molar-refractivity contribution in [1.82, 2.24) is 4.90 Å². The van der Waals surface area contributed by atoms with Gasteiger partial charge in [-0.25, -0.2) is 0 Å². The van der Waals surface area contributed by atoms with Crippen molar-refractivity contribution in [2.75, 3.05) is 25.0 Å². The number of likely N-dealkylation sites (tertiary alicyclic amines) is 1. The third-order valence-corrected chi connectivity index (χ3v) is 4.17. The summed E-state index contributed by atoms with van der Waals surface area (Å²) in [6.45, 7) is 11.4. The Morgan fingerprint density at radius 3 is 2.29 bits per heavy atom. The SMILES string of the molecule is CC(C)c1ccc(NC(=O)CN2C[C@H](C)C[C@@H](C)C2)cc1. The summed E-state index contributed by atoms with van der Waals surface area (Å²) in [5, 5.41) is 3.00. The monoisotopic (exact) mass is 288 g/mol. The molecule has 0 unspecified atom stereocenters. The second-order valence-electron chi connectivity index (χ2n) is 6.97. The largest absolute Gasteiger partial charge is 0.325 e. The first-order valence-electron chi connectivity index (χ1n) is 8.06. The van der Waals surface area contributed by atoms with E-state index in [1.54, 1.807) is 0 Å². The van der Waals surface area contributed by atoms with E-state index in [2.05, 4.69) is 50.0 Å². The molecule has 3 nitrogen and oxygen atoms in total. The van der Waals surface area contributed by atoms with Crippen LogP contribution < -0.4 is 5.32 Å². The van der Waals surface area contributed by atoms with Crippen LogP contribution in [0.1, 0.15) is 45.6 Å². The molecule has 2 rings (SSSR count). The number of nitrogens with one attached hydrogen (secondary N) is 1. The van der Waals surface area contributed by atoms with Crippen LogP contribution in [0, 0.1) is 11.8 Å². The van der Waals surface area contributed by atoms with Crippen LogP contribution in [0.5, 0.6) is 0 Å². The Morgan fingerprint density at radius 1 is 1.19 bits per heavy atom. The molecule has 3 heteroatoms. The van der Waals surface area contributed by atoms with Crippen molar-refractivity contribution < 1.29 is 4.79 Å². The maximum Gasteiger partial charge on any atom is 0.238 e. The lowest BCUT2D eigenvalue weighted by Gasteiger charge is -2.34. The molecule has 0 aromatic heterocycles. The quantitative estimate of drug-likeness (QED) is 0.915. The summed E-state index contributed by atoms with van der Waals surface area (Å²) in [5.74, 6) is 1.98. The van der Waals surface area contributed by atoms with Gasteiger partial charge >= 0.3 is 0 Å². The lowest BCUT2D eigenvalue weighted by Crippen LogP contribution is -2.42. The molecule has 1 saturated heterocycles. The third kappa shape index (κ3) is 4.85. The van der Waals surface area contributed by atoms with Gasteiger partial charge in [0.25, 0.3) is 0 Å². The number of piperidine rings is 1. The number of carbonyl (C=O) groups is 1. The standard InChI is InChI=1S/C18H28N2O/c1-13(2)16-5-7-17(8-6-16)19-18(21)12-20-10-14(3)9-15(4)11-20/h5-8,13-15H,9-12H2,1-4H3,(H,19,21)/t14-,15-/m1/s1. The zero-order valence-electron chi connectivity index (χ0n) is 13.7. The Labute approximate surface area is 128 Å². The molecule has 0 aliphatic carbocycles. The van der Waals surface area contributed by atoms with Gasteiger partial charge in [0.2, 0.25) is 5.91 Å². The van der Waals surface area contributed by atoms with Crippen LogP contribution in [0.3, 0.4) is 0 Å². The number of amides is 1. The molecule has 0 spiro atoms. The summed E-state index contributed by atoms with van der Waals surface area (Å²) >= 11 is 0. The summed E-state index contributed by atoms with van der Waals surface area (Å²) in [4.78, 5) is 14.4. The van der Waals surface area contributed by atoms with E-state index < -0.39 is 0 Å². The molecule has 0 radical (unpaired) electrons. The van der Waals surface area contributed by atoms with Gasteiger partial charge < -0.3 is 5.32 Å². The topological polar surface area (TPSA) is 32.3 Å². The fourth-order valence-electron chi connectivity index (χ4n) is 3.28. The molecule has 0 saturated carbocycles. The second kappa shape index (κ2) is 7.08. The lowest BCUT2D eigenvalue weighted by molar-refractivity contribution is -0.117. The molecule has 116 valence electrons. The van der Waals surface area contributed by atoms with E-state index in [1.165, 1.54) is 12.0 Å². The van der Waals surface area contributed by atoms with Gasteiger partial charge in [-0.05, 0) is 41.9 Å². The average molecular weight is 288 g/mol. The summed E-state index contributed by atoms with van der Waals surface area (Å²) < 4.78 is 0. The zero-order valence-corrected chi connectivity index (χ0v) is 13.7. The predicted octanol–water partition coefficient (Wildman–Crippen LogP) is 3.73. The van der Waals surface area contributed by atoms with Crippen LogP contribution in [0.15, 0.2) is 24.3 Å². The van der Waals surface area contributed by atoms with E-state index in [4.69, 9.17) is 0 Å². The molecule has 0 bridgehead atoms. The Hall–Kier alpha value is -1.35. The molecular formula is C18H28N2O. The van der Waals surface area contributed by atoms with Gasteiger partial charge in [0.15, 0.2) is 0 Å². The van der Waals surface area contributed by atoms with Crippen LogP contribution in [0.25, 0.3) is 0 Å². The fourth-order valence-corrected chi connectivity index (χ4v) is 3.28. The van der Waals surface area contributed by atoms with Gasteiger partial charge in [0, 0.05) is 18.8 Å². The van der Waals surface area contributed by atoms with Crippen molar-refractivity contribution in [2.24, 2.45) is 11.8 Å². The molecule has 1 fully saturated rings. The molecule has 21 heavy (non-hydrogen) atoms. The van der Waals surface area contributed by atoms with Crippen molar-refractivity contribution >= 4 is 11.6 Å². The Balaban J connectivity index is 1.86. The molecule has 1 amide bonds. The molecule has 1 aliphatic heterocycles. The second-order valence-corrected chi connectivity index (χ2v) is 6.97. The van der Waals surface area contributed by atoms with E-state index in [0.29, 0.717) is 24.3 Å². The summed E-state index contributed by atoms with van der Waals surface area (Å²) in [5.41, 5.74) is 2.19. The molecular weight excluding hydrogens is 260 g/mol. The number of rotatable bonds is 4. The van der Waals surface area contributed by atoms with Crippen molar-refractivity contribution in [1.29, 1.82) is 0 Å². The van der Waals surface area contributed by atoms with E-state index in [1.807, 2.05) is 12.1 Å². The lowest BCUT2D eigenvalue weighted by atomic mass is 9.92. The van der Waals surface area contributed by atoms with E-state index in [-0.39, 0.29) is 5.91 Å². The van der Waals surface area contributed by atoms with Crippen LogP contribution >= 0.6 is 0 Å². The number of anilines is 1. The maximum absolute atomic E-state index is 12.2. The molecule has 2 atom stereocenters. The minimum Gasteiger partial charge on any atom is -0.325 e. The van der Waals surface area contributed by atoms with Crippen molar-refractivity contribution in [2.45, 2.75) is 40.0 Å². The van der Waals surface area contributed by atoms with Gasteiger partial charge in [-0.3, -0.25) is 9.69 Å². The first kappa shape index (κ1) is 16.0.